The van der Waals surface area contributed by atoms with E-state index in [4.69, 9.17) is 14.8 Å². The van der Waals surface area contributed by atoms with E-state index in [0.29, 0.717) is 12.1 Å². The molecule has 0 fully saturated rings. The molecule has 1 aromatic carbocycles. The lowest BCUT2D eigenvalue weighted by atomic mass is 9.77. The third kappa shape index (κ3) is 3.42. The highest BCUT2D eigenvalue weighted by atomic mass is 16.5. The zero-order chi connectivity index (χ0) is 11.3. The first-order chi connectivity index (χ1) is 7.15. The molecule has 0 radical (unpaired) electrons. The van der Waals surface area contributed by atoms with E-state index in [1.807, 2.05) is 6.92 Å². The van der Waals surface area contributed by atoms with Gasteiger partial charge in [-0.25, -0.2) is 0 Å². The average molecular weight is 206 g/mol. The van der Waals surface area contributed by atoms with E-state index in [1.165, 1.54) is 0 Å². The van der Waals surface area contributed by atoms with E-state index in [1.54, 1.807) is 24.3 Å². The van der Waals surface area contributed by atoms with E-state index in [9.17, 15) is 0 Å². The third-order valence-electron chi connectivity index (χ3n) is 2.11. The van der Waals surface area contributed by atoms with Crippen molar-refractivity contribution >= 4 is 12.6 Å². The molecule has 0 unspecified atom stereocenters. The molecule has 3 nitrogen and oxygen atoms in total. The van der Waals surface area contributed by atoms with Crippen LogP contribution in [0.15, 0.2) is 30.9 Å². The minimum atomic E-state index is -1.42. The minimum absolute atomic E-state index is 0.506. The molecule has 0 aliphatic heterocycles. The molecule has 0 aromatic heterocycles. The lowest BCUT2D eigenvalue weighted by Crippen LogP contribution is -2.31. The number of rotatable bonds is 5. The van der Waals surface area contributed by atoms with Gasteiger partial charge in [0.25, 0.3) is 0 Å². The molecule has 15 heavy (non-hydrogen) atoms. The molecule has 0 saturated heterocycles. The molecule has 2 N–H and O–H groups in total. The van der Waals surface area contributed by atoms with Crippen LogP contribution in [-0.2, 0) is 0 Å². The van der Waals surface area contributed by atoms with Crippen molar-refractivity contribution < 1.29 is 14.8 Å². The van der Waals surface area contributed by atoms with E-state index in [2.05, 4.69) is 6.58 Å². The lowest BCUT2D eigenvalue weighted by molar-refractivity contribution is 0.325. The van der Waals surface area contributed by atoms with Crippen LogP contribution in [0.3, 0.4) is 0 Å². The van der Waals surface area contributed by atoms with Crippen LogP contribution in [0.2, 0.25) is 0 Å². The van der Waals surface area contributed by atoms with Gasteiger partial charge in [0.15, 0.2) is 0 Å². The monoisotopic (exact) mass is 206 g/mol. The van der Waals surface area contributed by atoms with Crippen LogP contribution >= 0.6 is 0 Å². The molecular weight excluding hydrogens is 191 g/mol. The number of ether oxygens (including phenoxy) is 1. The molecule has 1 aromatic rings. The first kappa shape index (κ1) is 11.8. The maximum atomic E-state index is 9.01. The molecule has 80 valence electrons. The van der Waals surface area contributed by atoms with Gasteiger partial charge in [0.2, 0.25) is 0 Å². The number of hydrogen-bond donors (Lipinski definition) is 2. The van der Waals surface area contributed by atoms with Crippen LogP contribution in [0.25, 0.3) is 0 Å². The summed E-state index contributed by atoms with van der Waals surface area (Å²) in [7, 11) is -1.42. The summed E-state index contributed by atoms with van der Waals surface area (Å²) in [6.45, 7) is 6.00. The van der Waals surface area contributed by atoms with Gasteiger partial charge in [-0.05, 0) is 36.5 Å². The van der Waals surface area contributed by atoms with Crippen LogP contribution in [0.5, 0.6) is 5.75 Å². The van der Waals surface area contributed by atoms with Crippen LogP contribution in [-0.4, -0.2) is 23.8 Å². The molecule has 0 aliphatic rings. The fourth-order valence-electron chi connectivity index (χ4n) is 1.29. The van der Waals surface area contributed by atoms with Crippen molar-refractivity contribution in [2.45, 2.75) is 13.3 Å². The highest BCUT2D eigenvalue weighted by Crippen LogP contribution is 2.11. The van der Waals surface area contributed by atoms with E-state index >= 15 is 0 Å². The van der Waals surface area contributed by atoms with Crippen molar-refractivity contribution in [3.05, 3.63) is 36.4 Å². The summed E-state index contributed by atoms with van der Waals surface area (Å²) in [5, 5.41) is 18.0. The topological polar surface area (TPSA) is 49.7 Å². The normalized spacial score (nSPS) is 9.80. The van der Waals surface area contributed by atoms with Crippen LogP contribution in [0.1, 0.15) is 12.0 Å². The Balaban J connectivity index is 2.69. The van der Waals surface area contributed by atoms with Crippen LogP contribution in [0.4, 0.5) is 0 Å². The summed E-state index contributed by atoms with van der Waals surface area (Å²) in [6, 6.07) is 5.17. The van der Waals surface area contributed by atoms with Crippen molar-refractivity contribution in [1.29, 1.82) is 0 Å². The van der Waals surface area contributed by atoms with Crippen molar-refractivity contribution in [3.8, 4) is 5.75 Å². The summed E-state index contributed by atoms with van der Waals surface area (Å²) in [5.74, 6) is 0.735. The Kier molecular flexibility index (Phi) is 4.40. The Hall–Kier alpha value is -1.26. The quantitative estimate of drug-likeness (QED) is 0.422. The lowest BCUT2D eigenvalue weighted by Gasteiger charge is -2.08. The summed E-state index contributed by atoms with van der Waals surface area (Å²) >= 11 is 0. The molecule has 0 atom stereocenters. The highest BCUT2D eigenvalue weighted by Gasteiger charge is 2.13. The predicted octanol–water partition coefficient (Wildman–Crippen LogP) is 0.630. The van der Waals surface area contributed by atoms with Crippen LogP contribution in [0, 0.1) is 6.92 Å². The van der Waals surface area contributed by atoms with Crippen LogP contribution < -0.4 is 10.2 Å². The molecule has 0 aliphatic carbocycles. The Morgan fingerprint density at radius 1 is 1.47 bits per heavy atom. The van der Waals surface area contributed by atoms with Crippen molar-refractivity contribution in [2.24, 2.45) is 0 Å². The van der Waals surface area contributed by atoms with Gasteiger partial charge in [0, 0.05) is 0 Å². The first-order valence-corrected chi connectivity index (χ1v) is 4.85. The highest BCUT2D eigenvalue weighted by molar-refractivity contribution is 6.59. The van der Waals surface area contributed by atoms with E-state index in [0.717, 1.165) is 17.7 Å². The van der Waals surface area contributed by atoms with Crippen molar-refractivity contribution in [2.75, 3.05) is 6.61 Å². The summed E-state index contributed by atoms with van der Waals surface area (Å²) < 4.78 is 5.43. The number of hydrogen-bond acceptors (Lipinski definition) is 3. The second-order valence-corrected chi connectivity index (χ2v) is 3.32. The molecule has 1 rings (SSSR count). The molecule has 0 bridgehead atoms. The fraction of sp³-hybridized carbons (Fsp3) is 0.273. The molecule has 0 heterocycles. The Labute approximate surface area is 90.2 Å². The van der Waals surface area contributed by atoms with Gasteiger partial charge in [0.05, 0.1) is 6.61 Å². The molecule has 4 heteroatoms. The Morgan fingerprint density at radius 2 is 2.20 bits per heavy atom. The molecule has 0 saturated carbocycles. The maximum Gasteiger partial charge on any atom is 0.488 e. The third-order valence-corrected chi connectivity index (χ3v) is 2.11. The average Bonchev–Trinajstić information content (AvgIpc) is 2.17. The van der Waals surface area contributed by atoms with E-state index < -0.39 is 7.12 Å². The smallest absolute Gasteiger partial charge is 0.488 e. The molecular formula is C11H15BO3. The largest absolute Gasteiger partial charge is 0.493 e. The van der Waals surface area contributed by atoms with Crippen molar-refractivity contribution in [1.82, 2.24) is 0 Å². The minimum Gasteiger partial charge on any atom is -0.493 e. The maximum absolute atomic E-state index is 9.01. The van der Waals surface area contributed by atoms with Gasteiger partial charge >= 0.3 is 7.12 Å². The van der Waals surface area contributed by atoms with Gasteiger partial charge < -0.3 is 14.8 Å². The number of aryl methyl sites for hydroxylation is 1. The number of benzene rings is 1. The van der Waals surface area contributed by atoms with E-state index in [-0.39, 0.29) is 0 Å². The SMILES string of the molecule is C=CCCOc1ccc(B(O)O)c(C)c1. The van der Waals surface area contributed by atoms with Gasteiger partial charge in [-0.15, -0.1) is 6.58 Å². The fourth-order valence-corrected chi connectivity index (χ4v) is 1.29. The second-order valence-electron chi connectivity index (χ2n) is 3.32. The molecule has 0 amide bonds. The Bertz CT molecular complexity index is 337. The first-order valence-electron chi connectivity index (χ1n) is 4.85. The second kappa shape index (κ2) is 5.58. The van der Waals surface area contributed by atoms with Gasteiger partial charge in [-0.3, -0.25) is 0 Å². The standard InChI is InChI=1S/C11H15BO3/c1-3-4-7-15-10-5-6-11(12(13)14)9(2)8-10/h3,5-6,8,13-14H,1,4,7H2,2H3. The predicted molar refractivity (Wildman–Crippen MR) is 61.3 cm³/mol. The Morgan fingerprint density at radius 3 is 2.73 bits per heavy atom. The zero-order valence-electron chi connectivity index (χ0n) is 8.81. The summed E-state index contributed by atoms with van der Waals surface area (Å²) in [4.78, 5) is 0. The molecule has 0 spiro atoms. The van der Waals surface area contributed by atoms with Crippen molar-refractivity contribution in [3.63, 3.8) is 0 Å². The van der Waals surface area contributed by atoms with Gasteiger partial charge in [-0.1, -0.05) is 12.1 Å². The van der Waals surface area contributed by atoms with Gasteiger partial charge in [-0.2, -0.15) is 0 Å². The van der Waals surface area contributed by atoms with Gasteiger partial charge in [0.1, 0.15) is 5.75 Å². The summed E-state index contributed by atoms with van der Waals surface area (Å²) in [5.41, 5.74) is 1.31. The summed E-state index contributed by atoms with van der Waals surface area (Å²) in [6.07, 6.45) is 2.59. The zero-order valence-corrected chi connectivity index (χ0v) is 8.81.